The predicted octanol–water partition coefficient (Wildman–Crippen LogP) is -0.307. The van der Waals surface area contributed by atoms with Crippen LogP contribution in [0.2, 0.25) is 0 Å². The molecule has 16 heavy (non-hydrogen) atoms. The van der Waals surface area contributed by atoms with E-state index in [0.717, 1.165) is 0 Å². The monoisotopic (exact) mass is 227 g/mol. The lowest BCUT2D eigenvalue weighted by molar-refractivity contribution is -0.194. The Bertz CT molecular complexity index is 304. The molecule has 0 unspecified atom stereocenters. The van der Waals surface area contributed by atoms with Crippen molar-refractivity contribution in [3.63, 3.8) is 0 Å². The van der Waals surface area contributed by atoms with Gasteiger partial charge in [-0.3, -0.25) is 4.94 Å². The Morgan fingerprint density at radius 2 is 2.25 bits per heavy atom. The zero-order chi connectivity index (χ0) is 11.8. The highest BCUT2D eigenvalue weighted by Crippen LogP contribution is 1.98. The average molecular weight is 227 g/mol. The van der Waals surface area contributed by atoms with E-state index >= 15 is 0 Å². The highest BCUT2D eigenvalue weighted by atomic mass is 16.8. The topological polar surface area (TPSA) is 84.2 Å². The molecule has 0 amide bonds. The van der Waals surface area contributed by atoms with Gasteiger partial charge in [-0.1, -0.05) is 0 Å². The van der Waals surface area contributed by atoms with Crippen LogP contribution in [0.1, 0.15) is 6.92 Å². The summed E-state index contributed by atoms with van der Waals surface area (Å²) in [5.41, 5.74) is -0.395. The lowest BCUT2D eigenvalue weighted by Crippen LogP contribution is -2.35. The Morgan fingerprint density at radius 1 is 1.56 bits per heavy atom. The van der Waals surface area contributed by atoms with Gasteiger partial charge in [0.2, 0.25) is 0 Å². The number of hydrogen-bond donors (Lipinski definition) is 0. The number of ether oxygens (including phenoxy) is 2. The van der Waals surface area contributed by atoms with E-state index in [1.807, 2.05) is 0 Å². The molecule has 0 N–H and O–H groups in total. The van der Waals surface area contributed by atoms with E-state index in [-0.39, 0.29) is 6.61 Å². The molecule has 0 aromatic rings. The SMILES string of the molecule is CCOC(=O)/C(C#N)=N\ON1CCOCC1. The molecule has 0 bridgehead atoms. The number of hydroxylamine groups is 2. The minimum Gasteiger partial charge on any atom is -0.461 e. The summed E-state index contributed by atoms with van der Waals surface area (Å²) >= 11 is 0. The van der Waals surface area contributed by atoms with Gasteiger partial charge in [0, 0.05) is 0 Å². The second kappa shape index (κ2) is 6.76. The number of nitrogens with zero attached hydrogens (tertiary/aromatic N) is 3. The predicted molar refractivity (Wildman–Crippen MR) is 53.2 cm³/mol. The second-order valence-corrected chi connectivity index (χ2v) is 2.90. The van der Waals surface area contributed by atoms with Crippen LogP contribution in [0, 0.1) is 11.3 Å². The summed E-state index contributed by atoms with van der Waals surface area (Å²) in [7, 11) is 0. The highest BCUT2D eigenvalue weighted by molar-refractivity contribution is 6.42. The van der Waals surface area contributed by atoms with E-state index in [9.17, 15) is 4.79 Å². The van der Waals surface area contributed by atoms with Gasteiger partial charge in [0.05, 0.1) is 32.9 Å². The minimum atomic E-state index is -0.779. The number of carbonyl (C=O) groups excluding carboxylic acids is 1. The van der Waals surface area contributed by atoms with E-state index < -0.39 is 11.7 Å². The number of carbonyl (C=O) groups is 1. The van der Waals surface area contributed by atoms with Gasteiger partial charge in [-0.2, -0.15) is 5.26 Å². The van der Waals surface area contributed by atoms with Crippen molar-refractivity contribution in [2.45, 2.75) is 6.92 Å². The normalized spacial score (nSPS) is 17.6. The third-order valence-corrected chi connectivity index (χ3v) is 1.79. The highest BCUT2D eigenvalue weighted by Gasteiger charge is 2.15. The standard InChI is InChI=1S/C9H13N3O4/c1-2-15-9(13)8(7-10)11-16-12-3-5-14-6-4-12/h2-6H2,1H3/b11-8-. The van der Waals surface area contributed by atoms with Crippen molar-refractivity contribution in [2.24, 2.45) is 5.16 Å². The minimum absolute atomic E-state index is 0.192. The van der Waals surface area contributed by atoms with Crippen LogP contribution in [-0.4, -0.2) is 49.7 Å². The average Bonchev–Trinajstić information content (AvgIpc) is 2.31. The van der Waals surface area contributed by atoms with Crippen molar-refractivity contribution in [3.8, 4) is 6.07 Å². The zero-order valence-corrected chi connectivity index (χ0v) is 9.01. The maximum absolute atomic E-state index is 11.1. The van der Waals surface area contributed by atoms with E-state index in [0.29, 0.717) is 26.3 Å². The van der Waals surface area contributed by atoms with Crippen LogP contribution >= 0.6 is 0 Å². The molecule has 7 nitrogen and oxygen atoms in total. The molecule has 0 saturated carbocycles. The van der Waals surface area contributed by atoms with Gasteiger partial charge in [-0.15, -0.1) is 5.06 Å². The van der Waals surface area contributed by atoms with Crippen LogP contribution in [-0.2, 0) is 19.2 Å². The maximum atomic E-state index is 11.1. The molecule has 1 saturated heterocycles. The molecular formula is C9H13N3O4. The van der Waals surface area contributed by atoms with Crippen molar-refractivity contribution in [1.82, 2.24) is 5.06 Å². The summed E-state index contributed by atoms with van der Waals surface area (Å²) in [5, 5.41) is 13.6. The van der Waals surface area contributed by atoms with Gasteiger partial charge in [0.25, 0.3) is 5.71 Å². The summed E-state index contributed by atoms with van der Waals surface area (Å²) in [5.74, 6) is -0.779. The molecule has 7 heteroatoms. The Kier molecular flexibility index (Phi) is 5.25. The number of esters is 1. The van der Waals surface area contributed by atoms with E-state index in [4.69, 9.17) is 14.9 Å². The Balaban J connectivity index is 2.46. The first-order valence-electron chi connectivity index (χ1n) is 4.93. The third-order valence-electron chi connectivity index (χ3n) is 1.79. The van der Waals surface area contributed by atoms with Crippen molar-refractivity contribution >= 4 is 11.7 Å². The van der Waals surface area contributed by atoms with Crippen LogP contribution < -0.4 is 0 Å². The molecule has 0 aliphatic carbocycles. The van der Waals surface area contributed by atoms with E-state index in [1.165, 1.54) is 5.06 Å². The van der Waals surface area contributed by atoms with E-state index in [1.54, 1.807) is 13.0 Å². The quantitative estimate of drug-likeness (QED) is 0.372. The lowest BCUT2D eigenvalue weighted by atomic mass is 10.4. The molecule has 0 aromatic heterocycles. The molecule has 0 spiro atoms. The summed E-state index contributed by atoms with van der Waals surface area (Å²) in [6.45, 7) is 4.01. The number of rotatable bonds is 4. The van der Waals surface area contributed by atoms with Crippen molar-refractivity contribution in [3.05, 3.63) is 0 Å². The number of morpholine rings is 1. The van der Waals surface area contributed by atoms with Crippen LogP contribution in [0.4, 0.5) is 0 Å². The van der Waals surface area contributed by atoms with Crippen LogP contribution in [0.25, 0.3) is 0 Å². The fourth-order valence-electron chi connectivity index (χ4n) is 1.03. The van der Waals surface area contributed by atoms with Gasteiger partial charge in [-0.25, -0.2) is 4.79 Å². The molecule has 88 valence electrons. The van der Waals surface area contributed by atoms with Gasteiger partial charge < -0.3 is 9.47 Å². The second-order valence-electron chi connectivity index (χ2n) is 2.90. The smallest absolute Gasteiger partial charge is 0.371 e. The van der Waals surface area contributed by atoms with E-state index in [2.05, 4.69) is 9.89 Å². The maximum Gasteiger partial charge on any atom is 0.371 e. The van der Waals surface area contributed by atoms with Gasteiger partial charge in [-0.05, 0) is 12.1 Å². The summed E-state index contributed by atoms with van der Waals surface area (Å²) in [4.78, 5) is 16.1. The summed E-state index contributed by atoms with van der Waals surface area (Å²) in [6.07, 6.45) is 0. The first-order valence-corrected chi connectivity index (χ1v) is 4.93. The molecule has 1 fully saturated rings. The molecule has 1 aliphatic rings. The van der Waals surface area contributed by atoms with Gasteiger partial charge >= 0.3 is 5.97 Å². The molecule has 1 rings (SSSR count). The van der Waals surface area contributed by atoms with Crippen molar-refractivity contribution < 1.29 is 19.2 Å². The largest absolute Gasteiger partial charge is 0.461 e. The molecule has 1 heterocycles. The lowest BCUT2D eigenvalue weighted by Gasteiger charge is -2.22. The molecule has 0 atom stereocenters. The zero-order valence-electron chi connectivity index (χ0n) is 9.01. The number of nitriles is 1. The fourth-order valence-corrected chi connectivity index (χ4v) is 1.03. The van der Waals surface area contributed by atoms with Crippen LogP contribution in [0.15, 0.2) is 5.16 Å². The molecule has 0 aromatic carbocycles. The van der Waals surface area contributed by atoms with Crippen LogP contribution in [0.3, 0.4) is 0 Å². The molecule has 1 aliphatic heterocycles. The van der Waals surface area contributed by atoms with Gasteiger partial charge in [0.1, 0.15) is 6.07 Å². The Labute approximate surface area is 93.1 Å². The number of oxime groups is 1. The first kappa shape index (κ1) is 12.4. The van der Waals surface area contributed by atoms with Crippen molar-refractivity contribution in [2.75, 3.05) is 32.9 Å². The van der Waals surface area contributed by atoms with Crippen molar-refractivity contribution in [1.29, 1.82) is 5.26 Å². The summed E-state index contributed by atoms with van der Waals surface area (Å²) < 4.78 is 9.71. The fraction of sp³-hybridized carbons (Fsp3) is 0.667. The Morgan fingerprint density at radius 3 is 2.81 bits per heavy atom. The molecular weight excluding hydrogens is 214 g/mol. The number of hydrogen-bond acceptors (Lipinski definition) is 7. The van der Waals surface area contributed by atoms with Crippen LogP contribution in [0.5, 0.6) is 0 Å². The summed E-state index contributed by atoms with van der Waals surface area (Å²) in [6, 6.07) is 1.62. The molecule has 0 radical (unpaired) electrons. The Hall–Kier alpha value is -1.65. The van der Waals surface area contributed by atoms with Gasteiger partial charge in [0.15, 0.2) is 0 Å². The third kappa shape index (κ3) is 3.84. The first-order chi connectivity index (χ1) is 7.77.